The van der Waals surface area contributed by atoms with Crippen LogP contribution in [-0.2, 0) is 16.5 Å². The van der Waals surface area contributed by atoms with Gasteiger partial charge < -0.3 is 5.32 Å². The van der Waals surface area contributed by atoms with Crippen molar-refractivity contribution in [1.82, 2.24) is 9.78 Å². The molecule has 26 heavy (non-hydrogen) atoms. The van der Waals surface area contributed by atoms with Crippen LogP contribution in [0.15, 0.2) is 24.4 Å². The zero-order chi connectivity index (χ0) is 19.7. The number of benzene rings is 1. The Morgan fingerprint density at radius 1 is 1.23 bits per heavy atom. The normalized spacial score (nSPS) is 11.5. The summed E-state index contributed by atoms with van der Waals surface area (Å²) in [6.07, 6.45) is -3.47. The van der Waals surface area contributed by atoms with Gasteiger partial charge in [-0.25, -0.2) is 0 Å². The zero-order valence-electron chi connectivity index (χ0n) is 13.5. The highest BCUT2D eigenvalue weighted by Gasteiger charge is 2.35. The van der Waals surface area contributed by atoms with Gasteiger partial charge in [0.25, 0.3) is 5.91 Å². The number of rotatable bonds is 3. The largest absolute Gasteiger partial charge is 0.417 e. The zero-order valence-corrected chi connectivity index (χ0v) is 14.3. The number of nitrogens with one attached hydrogen (secondary N) is 1. The molecule has 2 rings (SSSR count). The van der Waals surface area contributed by atoms with Crippen LogP contribution in [0, 0.1) is 22.7 Å². The summed E-state index contributed by atoms with van der Waals surface area (Å²) in [7, 11) is 0. The fourth-order valence-electron chi connectivity index (χ4n) is 2.06. The summed E-state index contributed by atoms with van der Waals surface area (Å²) >= 11 is 5.78. The SMILES string of the molecule is CC(C)(C(=O)Nc1ccc(C#N)c(C(F)(F)F)c1)n1cc(C#N)c(Cl)n1. The lowest BCUT2D eigenvalue weighted by molar-refractivity contribution is -0.137. The summed E-state index contributed by atoms with van der Waals surface area (Å²) in [4.78, 5) is 12.5. The molecule has 0 spiro atoms. The van der Waals surface area contributed by atoms with Crippen molar-refractivity contribution in [2.75, 3.05) is 5.32 Å². The Kier molecular flexibility index (Phi) is 4.97. The highest BCUT2D eigenvalue weighted by molar-refractivity contribution is 6.30. The number of carbonyl (C=O) groups excluding carboxylic acids is 1. The minimum absolute atomic E-state index is 0.0604. The van der Waals surface area contributed by atoms with Crippen LogP contribution in [0.4, 0.5) is 18.9 Å². The number of halogens is 4. The number of nitriles is 2. The number of amides is 1. The van der Waals surface area contributed by atoms with Crippen LogP contribution in [0.3, 0.4) is 0 Å². The predicted molar refractivity (Wildman–Crippen MR) is 86.1 cm³/mol. The van der Waals surface area contributed by atoms with E-state index in [9.17, 15) is 18.0 Å². The average molecular weight is 382 g/mol. The molecule has 0 aliphatic carbocycles. The Hall–Kier alpha value is -3.04. The Balaban J connectivity index is 2.34. The second-order valence-electron chi connectivity index (χ2n) is 5.77. The second kappa shape index (κ2) is 6.70. The van der Waals surface area contributed by atoms with Crippen LogP contribution in [0.1, 0.15) is 30.5 Å². The molecule has 0 aliphatic rings. The van der Waals surface area contributed by atoms with Crippen molar-refractivity contribution in [3.05, 3.63) is 46.2 Å². The van der Waals surface area contributed by atoms with E-state index >= 15 is 0 Å². The molecule has 1 aromatic heterocycles. The van der Waals surface area contributed by atoms with E-state index in [0.717, 1.165) is 10.7 Å². The highest BCUT2D eigenvalue weighted by atomic mass is 35.5. The Morgan fingerprint density at radius 2 is 1.85 bits per heavy atom. The van der Waals surface area contributed by atoms with Crippen LogP contribution in [0.2, 0.25) is 5.15 Å². The first kappa shape index (κ1) is 19.3. The molecule has 134 valence electrons. The third-order valence-corrected chi connectivity index (χ3v) is 3.90. The van der Waals surface area contributed by atoms with Crippen LogP contribution >= 0.6 is 11.6 Å². The summed E-state index contributed by atoms with van der Waals surface area (Å²) in [5, 5.41) is 23.8. The summed E-state index contributed by atoms with van der Waals surface area (Å²) < 4.78 is 40.2. The van der Waals surface area contributed by atoms with Crippen molar-refractivity contribution < 1.29 is 18.0 Å². The number of hydrogen-bond acceptors (Lipinski definition) is 4. The molecule has 0 fully saturated rings. The molecule has 0 saturated carbocycles. The molecule has 1 amide bonds. The number of nitrogens with zero attached hydrogens (tertiary/aromatic N) is 4. The predicted octanol–water partition coefficient (Wildman–Crippen LogP) is 3.67. The summed E-state index contributed by atoms with van der Waals surface area (Å²) in [5.41, 5.74) is -3.11. The van der Waals surface area contributed by atoms with Crippen molar-refractivity contribution >= 4 is 23.2 Å². The van der Waals surface area contributed by atoms with E-state index in [2.05, 4.69) is 10.4 Å². The van der Waals surface area contributed by atoms with Gasteiger partial charge in [0.05, 0.1) is 17.2 Å². The number of hydrogen-bond donors (Lipinski definition) is 1. The first-order valence-corrected chi connectivity index (χ1v) is 7.47. The Bertz CT molecular complexity index is 950. The molecule has 10 heteroatoms. The smallest absolute Gasteiger partial charge is 0.324 e. The highest BCUT2D eigenvalue weighted by Crippen LogP contribution is 2.34. The van der Waals surface area contributed by atoms with Crippen molar-refractivity contribution in [3.63, 3.8) is 0 Å². The summed E-state index contributed by atoms with van der Waals surface area (Å²) in [6.45, 7) is 2.92. The van der Waals surface area contributed by atoms with Crippen molar-refractivity contribution in [1.29, 1.82) is 10.5 Å². The van der Waals surface area contributed by atoms with Crippen molar-refractivity contribution in [2.45, 2.75) is 25.6 Å². The van der Waals surface area contributed by atoms with Crippen LogP contribution < -0.4 is 5.32 Å². The third-order valence-electron chi connectivity index (χ3n) is 3.62. The van der Waals surface area contributed by atoms with E-state index in [-0.39, 0.29) is 16.4 Å². The molecule has 6 nitrogen and oxygen atoms in total. The number of aromatic nitrogens is 2. The maximum absolute atomic E-state index is 13.0. The van der Waals surface area contributed by atoms with Gasteiger partial charge in [-0.3, -0.25) is 9.48 Å². The van der Waals surface area contributed by atoms with Crippen molar-refractivity contribution in [2.24, 2.45) is 0 Å². The van der Waals surface area contributed by atoms with Gasteiger partial charge in [0.1, 0.15) is 17.2 Å². The summed E-state index contributed by atoms with van der Waals surface area (Å²) in [5.74, 6) is -0.681. The molecule has 0 aliphatic heterocycles. The van der Waals surface area contributed by atoms with E-state index < -0.39 is 28.7 Å². The molecule has 0 saturated heterocycles. The molecule has 0 atom stereocenters. The van der Waals surface area contributed by atoms with Crippen LogP contribution in [0.5, 0.6) is 0 Å². The fourth-order valence-corrected chi connectivity index (χ4v) is 2.23. The van der Waals surface area contributed by atoms with Gasteiger partial charge in [-0.15, -0.1) is 0 Å². The number of anilines is 1. The molecule has 0 radical (unpaired) electrons. The lowest BCUT2D eigenvalue weighted by Crippen LogP contribution is -2.40. The third kappa shape index (κ3) is 3.63. The maximum atomic E-state index is 13.0. The van der Waals surface area contributed by atoms with Crippen molar-refractivity contribution in [3.8, 4) is 12.1 Å². The fraction of sp³-hybridized carbons (Fsp3) is 0.250. The molecule has 2 aromatic rings. The van der Waals surface area contributed by atoms with Gasteiger partial charge in [0.2, 0.25) is 0 Å². The molecular formula is C16H11ClF3N5O. The molecule has 1 N–H and O–H groups in total. The van der Waals surface area contributed by atoms with Gasteiger partial charge in [0, 0.05) is 11.9 Å². The standard InChI is InChI=1S/C16H11ClF3N5O/c1-15(2,25-8-10(7-22)13(17)24-25)14(26)23-11-4-3-9(6-21)12(5-11)16(18,19)20/h3-5,8H,1-2H3,(H,23,26). The lowest BCUT2D eigenvalue weighted by Gasteiger charge is -2.24. The first-order valence-electron chi connectivity index (χ1n) is 7.09. The maximum Gasteiger partial charge on any atom is 0.417 e. The number of carbonyl (C=O) groups is 1. The second-order valence-corrected chi connectivity index (χ2v) is 6.13. The van der Waals surface area contributed by atoms with Gasteiger partial charge in [-0.1, -0.05) is 11.6 Å². The van der Waals surface area contributed by atoms with E-state index in [0.29, 0.717) is 6.07 Å². The van der Waals surface area contributed by atoms with Gasteiger partial charge >= 0.3 is 6.18 Å². The van der Waals surface area contributed by atoms with E-state index in [1.54, 1.807) is 0 Å². The minimum atomic E-state index is -4.74. The minimum Gasteiger partial charge on any atom is -0.324 e. The molecular weight excluding hydrogens is 371 g/mol. The molecule has 1 aromatic carbocycles. The van der Waals surface area contributed by atoms with E-state index in [1.807, 2.05) is 6.07 Å². The number of alkyl halides is 3. The Labute approximate surface area is 151 Å². The monoisotopic (exact) mass is 381 g/mol. The lowest BCUT2D eigenvalue weighted by atomic mass is 10.0. The molecule has 0 unspecified atom stereocenters. The molecule has 1 heterocycles. The van der Waals surface area contributed by atoms with Gasteiger partial charge in [-0.05, 0) is 32.0 Å². The van der Waals surface area contributed by atoms with Crippen LogP contribution in [-0.4, -0.2) is 15.7 Å². The quantitative estimate of drug-likeness (QED) is 0.877. The van der Waals surface area contributed by atoms with E-state index in [4.69, 9.17) is 22.1 Å². The Morgan fingerprint density at radius 3 is 2.35 bits per heavy atom. The summed E-state index contributed by atoms with van der Waals surface area (Å²) in [6, 6.07) is 6.13. The van der Waals surface area contributed by atoms with Gasteiger partial charge in [-0.2, -0.15) is 28.8 Å². The average Bonchev–Trinajstić information content (AvgIpc) is 2.95. The van der Waals surface area contributed by atoms with Crippen LogP contribution in [0.25, 0.3) is 0 Å². The first-order chi connectivity index (χ1) is 12.0. The molecule has 0 bridgehead atoms. The topological polar surface area (TPSA) is 94.5 Å². The van der Waals surface area contributed by atoms with E-state index in [1.165, 1.54) is 32.2 Å². The van der Waals surface area contributed by atoms with Gasteiger partial charge in [0.15, 0.2) is 5.15 Å².